The molecule has 0 saturated carbocycles. The van der Waals surface area contributed by atoms with Crippen LogP contribution in [0.4, 0.5) is 0 Å². The van der Waals surface area contributed by atoms with Crippen LogP contribution >= 0.6 is 0 Å². The highest BCUT2D eigenvalue weighted by atomic mass is 15.4. The van der Waals surface area contributed by atoms with Crippen LogP contribution in [-0.4, -0.2) is 19.4 Å². The van der Waals surface area contributed by atoms with Gasteiger partial charge in [0, 0.05) is 11.6 Å². The van der Waals surface area contributed by atoms with Crippen LogP contribution in [0.25, 0.3) is 22.1 Å². The van der Waals surface area contributed by atoms with Crippen LogP contribution in [0.1, 0.15) is 25.3 Å². The molecule has 4 aromatic rings. The molecule has 4 rings (SSSR count). The summed E-state index contributed by atoms with van der Waals surface area (Å²) in [7, 11) is 0. The summed E-state index contributed by atoms with van der Waals surface area (Å²) in [5.41, 5.74) is 4.68. The maximum Gasteiger partial charge on any atom is 0.0866 e. The maximum absolute atomic E-state index is 4.08. The van der Waals surface area contributed by atoms with E-state index in [1.165, 1.54) is 16.5 Å². The van der Waals surface area contributed by atoms with Crippen LogP contribution in [0.5, 0.6) is 0 Å². The largest absolute Gasteiger partial charge is 0.315 e. The second kappa shape index (κ2) is 4.45. The fourth-order valence-corrected chi connectivity index (χ4v) is 2.83. The van der Waals surface area contributed by atoms with E-state index in [4.69, 9.17) is 0 Å². The molecule has 0 aliphatic carbocycles. The topological polar surface area (TPSA) is 35.1 Å². The van der Waals surface area contributed by atoms with Gasteiger partial charge < -0.3 is 4.57 Å². The number of pyridine rings is 1. The van der Waals surface area contributed by atoms with Crippen molar-refractivity contribution in [3.8, 4) is 5.69 Å². The van der Waals surface area contributed by atoms with E-state index in [1.807, 2.05) is 12.3 Å². The van der Waals surface area contributed by atoms with Crippen LogP contribution in [0, 0.1) is 0 Å². The van der Waals surface area contributed by atoms with Gasteiger partial charge in [-0.05, 0) is 29.7 Å². The predicted molar refractivity (Wildman–Crippen MR) is 83.9 cm³/mol. The zero-order valence-corrected chi connectivity index (χ0v) is 12.1. The van der Waals surface area contributed by atoms with Gasteiger partial charge in [-0.1, -0.05) is 37.3 Å². The molecule has 0 aliphatic rings. The van der Waals surface area contributed by atoms with E-state index in [-0.39, 0.29) is 0 Å². The van der Waals surface area contributed by atoms with Gasteiger partial charge in [-0.15, -0.1) is 5.10 Å². The van der Waals surface area contributed by atoms with Crippen molar-refractivity contribution < 1.29 is 0 Å². The summed E-state index contributed by atoms with van der Waals surface area (Å²) >= 11 is 0. The van der Waals surface area contributed by atoms with E-state index in [2.05, 4.69) is 65.3 Å². The molecule has 104 valence electrons. The van der Waals surface area contributed by atoms with E-state index >= 15 is 0 Å². The number of benzene rings is 1. The summed E-state index contributed by atoms with van der Waals surface area (Å²) in [5.74, 6) is 0.492. The van der Waals surface area contributed by atoms with Crippen molar-refractivity contribution in [3.05, 3.63) is 60.6 Å². The summed E-state index contributed by atoms with van der Waals surface area (Å²) in [6, 6.07) is 12.7. The summed E-state index contributed by atoms with van der Waals surface area (Å²) in [6.45, 7) is 4.46. The lowest BCUT2D eigenvalue weighted by atomic mass is 10.0. The predicted octanol–water partition coefficient (Wildman–Crippen LogP) is 3.80. The third-order valence-electron chi connectivity index (χ3n) is 3.92. The van der Waals surface area contributed by atoms with Gasteiger partial charge >= 0.3 is 0 Å². The smallest absolute Gasteiger partial charge is 0.0866 e. The minimum Gasteiger partial charge on any atom is -0.315 e. The number of nitrogens with zero attached hydrogens (tertiary/aromatic N) is 4. The zero-order valence-electron chi connectivity index (χ0n) is 12.1. The SMILES string of the molecule is CC(C)c1cn(-c2ccc3cnnn3c2)c2ccccc12. The average molecular weight is 276 g/mol. The lowest BCUT2D eigenvalue weighted by Gasteiger charge is -2.05. The van der Waals surface area contributed by atoms with Crippen LogP contribution in [-0.2, 0) is 0 Å². The summed E-state index contributed by atoms with van der Waals surface area (Å²) < 4.78 is 4.03. The molecule has 0 spiro atoms. The highest BCUT2D eigenvalue weighted by Gasteiger charge is 2.12. The fourth-order valence-electron chi connectivity index (χ4n) is 2.83. The van der Waals surface area contributed by atoms with Gasteiger partial charge in [0.2, 0.25) is 0 Å². The zero-order chi connectivity index (χ0) is 14.4. The van der Waals surface area contributed by atoms with Gasteiger partial charge in [0.05, 0.1) is 29.1 Å². The molecule has 0 unspecified atom stereocenters. The highest BCUT2D eigenvalue weighted by molar-refractivity contribution is 5.86. The standard InChI is InChI=1S/C17H16N4/c1-12(2)16-11-20(17-6-4-3-5-15(16)17)14-8-7-13-9-18-19-21(13)10-14/h3-12H,1-2H3. The molecule has 21 heavy (non-hydrogen) atoms. The highest BCUT2D eigenvalue weighted by Crippen LogP contribution is 2.29. The number of hydrogen-bond acceptors (Lipinski definition) is 2. The van der Waals surface area contributed by atoms with Crippen LogP contribution < -0.4 is 0 Å². The number of rotatable bonds is 2. The number of hydrogen-bond donors (Lipinski definition) is 0. The number of fused-ring (bicyclic) bond motifs is 2. The first kappa shape index (κ1) is 12.1. The Morgan fingerprint density at radius 2 is 1.86 bits per heavy atom. The molecule has 3 aromatic heterocycles. The molecule has 0 fully saturated rings. The van der Waals surface area contributed by atoms with Gasteiger partial charge in [-0.3, -0.25) is 0 Å². The molecule has 4 heteroatoms. The Morgan fingerprint density at radius 1 is 1.00 bits per heavy atom. The fraction of sp³-hybridized carbons (Fsp3) is 0.176. The van der Waals surface area contributed by atoms with E-state index in [0.29, 0.717) is 5.92 Å². The van der Waals surface area contributed by atoms with E-state index in [1.54, 1.807) is 10.7 Å². The molecule has 0 atom stereocenters. The Kier molecular flexibility index (Phi) is 2.57. The van der Waals surface area contributed by atoms with E-state index in [0.717, 1.165) is 11.2 Å². The second-order valence-corrected chi connectivity index (χ2v) is 5.62. The number of aromatic nitrogens is 4. The minimum absolute atomic E-state index is 0.492. The Balaban J connectivity index is 2.01. The Morgan fingerprint density at radius 3 is 2.71 bits per heavy atom. The van der Waals surface area contributed by atoms with Crippen molar-refractivity contribution in [2.24, 2.45) is 0 Å². The lowest BCUT2D eigenvalue weighted by Crippen LogP contribution is -1.96. The first-order valence-corrected chi connectivity index (χ1v) is 7.14. The third-order valence-corrected chi connectivity index (χ3v) is 3.92. The Bertz CT molecular complexity index is 930. The van der Waals surface area contributed by atoms with Crippen LogP contribution in [0.3, 0.4) is 0 Å². The summed E-state index contributed by atoms with van der Waals surface area (Å²) in [6.07, 6.45) is 6.00. The summed E-state index contributed by atoms with van der Waals surface area (Å²) in [5, 5.41) is 9.33. The minimum atomic E-state index is 0.492. The molecule has 0 amide bonds. The Hall–Kier alpha value is -2.62. The maximum atomic E-state index is 4.08. The Labute approximate surface area is 122 Å². The first-order chi connectivity index (χ1) is 10.2. The first-order valence-electron chi connectivity index (χ1n) is 7.14. The van der Waals surface area contributed by atoms with Gasteiger partial charge in [0.25, 0.3) is 0 Å². The normalized spacial score (nSPS) is 11.8. The number of para-hydroxylation sites is 1. The van der Waals surface area contributed by atoms with E-state index < -0.39 is 0 Å². The molecule has 0 aliphatic heterocycles. The van der Waals surface area contributed by atoms with Crippen LogP contribution in [0.2, 0.25) is 0 Å². The summed E-state index contributed by atoms with van der Waals surface area (Å²) in [4.78, 5) is 0. The molecule has 0 N–H and O–H groups in total. The van der Waals surface area contributed by atoms with Gasteiger partial charge in [-0.2, -0.15) is 0 Å². The molecule has 0 radical (unpaired) electrons. The molecule has 1 aromatic carbocycles. The van der Waals surface area contributed by atoms with Gasteiger partial charge in [0.1, 0.15) is 0 Å². The van der Waals surface area contributed by atoms with Crippen molar-refractivity contribution in [1.82, 2.24) is 19.4 Å². The molecule has 0 bridgehead atoms. The monoisotopic (exact) mass is 276 g/mol. The van der Waals surface area contributed by atoms with Gasteiger partial charge in [0.15, 0.2) is 0 Å². The van der Waals surface area contributed by atoms with E-state index in [9.17, 15) is 0 Å². The average Bonchev–Trinajstić information content (AvgIpc) is 3.10. The lowest BCUT2D eigenvalue weighted by molar-refractivity contribution is 0.845. The van der Waals surface area contributed by atoms with Crippen molar-refractivity contribution in [2.45, 2.75) is 19.8 Å². The third kappa shape index (κ3) is 1.83. The van der Waals surface area contributed by atoms with Crippen molar-refractivity contribution in [1.29, 1.82) is 0 Å². The quantitative estimate of drug-likeness (QED) is 0.558. The molecule has 4 nitrogen and oxygen atoms in total. The van der Waals surface area contributed by atoms with Gasteiger partial charge in [-0.25, -0.2) is 4.52 Å². The van der Waals surface area contributed by atoms with Crippen molar-refractivity contribution in [3.63, 3.8) is 0 Å². The molecule has 3 heterocycles. The second-order valence-electron chi connectivity index (χ2n) is 5.62. The molecular formula is C17H16N4. The molecule has 0 saturated heterocycles. The van der Waals surface area contributed by atoms with Crippen LogP contribution in [0.15, 0.2) is 55.0 Å². The van der Waals surface area contributed by atoms with Crippen molar-refractivity contribution >= 4 is 16.4 Å². The molecular weight excluding hydrogens is 260 g/mol. The van der Waals surface area contributed by atoms with Crippen molar-refractivity contribution in [2.75, 3.05) is 0 Å².